The average molecular weight is 480 g/mol. The number of hydrogen-bond donors (Lipinski definition) is 0. The van der Waals surface area contributed by atoms with Gasteiger partial charge in [0.2, 0.25) is 15.9 Å². The number of carbonyl (C=O) groups is 1. The Labute approximate surface area is 193 Å². The fourth-order valence-electron chi connectivity index (χ4n) is 4.40. The molecule has 2 aliphatic rings. The lowest BCUT2D eigenvalue weighted by atomic mass is 9.97. The highest BCUT2D eigenvalue weighted by Gasteiger charge is 2.35. The molecule has 0 aliphatic carbocycles. The molecule has 0 radical (unpaired) electrons. The van der Waals surface area contributed by atoms with Crippen molar-refractivity contribution in [2.75, 3.05) is 39.3 Å². The third kappa shape index (κ3) is 4.98. The highest BCUT2D eigenvalue weighted by atomic mass is 35.5. The topological polar surface area (TPSA) is 60.9 Å². The lowest BCUT2D eigenvalue weighted by Crippen LogP contribution is -2.52. The van der Waals surface area contributed by atoms with Gasteiger partial charge in [0, 0.05) is 56.4 Å². The summed E-state index contributed by atoms with van der Waals surface area (Å²) < 4.78 is 41.4. The van der Waals surface area contributed by atoms with E-state index in [4.69, 9.17) is 11.6 Å². The molecule has 0 aromatic heterocycles. The molecule has 172 valence electrons. The standard InChI is InChI=1S/C23H27ClFN3O3S/c24-21-9-4-10-22(25)20(21)17-26-12-14-27(15-13-26)23(29)18-6-5-11-28(16-18)32(30,31)19-7-2-1-3-8-19/h1-4,7-10,18H,5-6,11-17H2. The molecule has 0 saturated carbocycles. The molecule has 0 bridgehead atoms. The van der Waals surface area contributed by atoms with Crippen molar-refractivity contribution in [1.29, 1.82) is 0 Å². The van der Waals surface area contributed by atoms with Gasteiger partial charge in [0.25, 0.3) is 0 Å². The van der Waals surface area contributed by atoms with Crippen LogP contribution >= 0.6 is 11.6 Å². The number of halogens is 2. The second-order valence-corrected chi connectivity index (χ2v) is 10.7. The molecule has 4 rings (SSSR count). The van der Waals surface area contributed by atoms with Crippen LogP contribution in [0.5, 0.6) is 0 Å². The minimum absolute atomic E-state index is 0.00142. The number of carbonyl (C=O) groups excluding carboxylic acids is 1. The van der Waals surface area contributed by atoms with Crippen molar-refractivity contribution in [1.82, 2.24) is 14.1 Å². The number of sulfonamides is 1. The molecule has 0 spiro atoms. The van der Waals surface area contributed by atoms with Crippen LogP contribution < -0.4 is 0 Å². The van der Waals surface area contributed by atoms with Crippen LogP contribution in [0.4, 0.5) is 4.39 Å². The summed E-state index contributed by atoms with van der Waals surface area (Å²) in [6.07, 6.45) is 1.35. The second-order valence-electron chi connectivity index (χ2n) is 8.32. The first-order valence-corrected chi connectivity index (χ1v) is 12.7. The fourth-order valence-corrected chi connectivity index (χ4v) is 6.16. The van der Waals surface area contributed by atoms with Crippen molar-refractivity contribution in [3.8, 4) is 0 Å². The zero-order chi connectivity index (χ0) is 22.7. The monoisotopic (exact) mass is 479 g/mol. The first kappa shape index (κ1) is 23.2. The molecule has 32 heavy (non-hydrogen) atoms. The molecule has 1 atom stereocenters. The molecule has 1 amide bonds. The van der Waals surface area contributed by atoms with Crippen LogP contribution in [-0.2, 0) is 21.4 Å². The van der Waals surface area contributed by atoms with Gasteiger partial charge in [-0.1, -0.05) is 35.9 Å². The van der Waals surface area contributed by atoms with Crippen LogP contribution in [0.25, 0.3) is 0 Å². The summed E-state index contributed by atoms with van der Waals surface area (Å²) in [5, 5.41) is 0.408. The molecule has 6 nitrogen and oxygen atoms in total. The van der Waals surface area contributed by atoms with Crippen LogP contribution in [0.15, 0.2) is 53.4 Å². The van der Waals surface area contributed by atoms with E-state index in [9.17, 15) is 17.6 Å². The van der Waals surface area contributed by atoms with E-state index in [1.165, 1.54) is 10.4 Å². The van der Waals surface area contributed by atoms with Gasteiger partial charge in [0.05, 0.1) is 10.8 Å². The van der Waals surface area contributed by atoms with Crippen molar-refractivity contribution in [2.24, 2.45) is 5.92 Å². The van der Waals surface area contributed by atoms with Crippen LogP contribution in [-0.4, -0.2) is 67.7 Å². The average Bonchev–Trinajstić information content (AvgIpc) is 2.82. The Hall–Kier alpha value is -2.00. The number of nitrogens with zero attached hydrogens (tertiary/aromatic N) is 3. The molecule has 1 unspecified atom stereocenters. The number of hydrogen-bond acceptors (Lipinski definition) is 4. The Bertz CT molecular complexity index is 1040. The molecule has 2 heterocycles. The van der Waals surface area contributed by atoms with E-state index in [-0.39, 0.29) is 29.1 Å². The van der Waals surface area contributed by atoms with E-state index in [1.807, 2.05) is 4.90 Å². The second kappa shape index (κ2) is 9.87. The molecular formula is C23H27ClFN3O3S. The van der Waals surface area contributed by atoms with Crippen molar-refractivity contribution in [3.63, 3.8) is 0 Å². The molecule has 2 aromatic carbocycles. The Morgan fingerprint density at radius 2 is 1.72 bits per heavy atom. The predicted molar refractivity (Wildman–Crippen MR) is 121 cm³/mol. The number of amides is 1. The molecule has 2 aromatic rings. The summed E-state index contributed by atoms with van der Waals surface area (Å²) in [5.41, 5.74) is 0.475. The quantitative estimate of drug-likeness (QED) is 0.660. The van der Waals surface area contributed by atoms with E-state index in [0.717, 1.165) is 0 Å². The van der Waals surface area contributed by atoms with Crippen LogP contribution in [0.2, 0.25) is 5.02 Å². The maximum Gasteiger partial charge on any atom is 0.243 e. The lowest BCUT2D eigenvalue weighted by Gasteiger charge is -2.38. The van der Waals surface area contributed by atoms with E-state index in [1.54, 1.807) is 42.5 Å². The Balaban J connectivity index is 1.35. The van der Waals surface area contributed by atoms with Crippen molar-refractivity contribution in [3.05, 3.63) is 64.9 Å². The van der Waals surface area contributed by atoms with E-state index < -0.39 is 10.0 Å². The summed E-state index contributed by atoms with van der Waals surface area (Å²) in [6, 6.07) is 13.0. The third-order valence-corrected chi connectivity index (χ3v) is 8.48. The molecule has 2 aliphatic heterocycles. The van der Waals surface area contributed by atoms with Gasteiger partial charge in [-0.2, -0.15) is 4.31 Å². The van der Waals surface area contributed by atoms with Crippen LogP contribution in [0, 0.1) is 11.7 Å². The zero-order valence-electron chi connectivity index (χ0n) is 17.8. The third-order valence-electron chi connectivity index (χ3n) is 6.24. The van der Waals surface area contributed by atoms with Crippen LogP contribution in [0.1, 0.15) is 18.4 Å². The Kier molecular flexibility index (Phi) is 7.14. The SMILES string of the molecule is O=C(C1CCCN(S(=O)(=O)c2ccccc2)C1)N1CCN(Cc2c(F)cccc2Cl)CC1. The maximum absolute atomic E-state index is 14.1. The Morgan fingerprint density at radius 1 is 1.00 bits per heavy atom. The van der Waals surface area contributed by atoms with Crippen molar-refractivity contribution in [2.45, 2.75) is 24.3 Å². The summed E-state index contributed by atoms with van der Waals surface area (Å²) in [5.74, 6) is -0.658. The number of piperidine rings is 1. The zero-order valence-corrected chi connectivity index (χ0v) is 19.4. The fraction of sp³-hybridized carbons (Fsp3) is 0.435. The molecule has 9 heteroatoms. The molecule has 0 N–H and O–H groups in total. The minimum atomic E-state index is -3.60. The van der Waals surface area contributed by atoms with E-state index >= 15 is 0 Å². The number of rotatable bonds is 5. The van der Waals surface area contributed by atoms with Gasteiger partial charge in [0.15, 0.2) is 0 Å². The van der Waals surface area contributed by atoms with Gasteiger partial charge >= 0.3 is 0 Å². The highest BCUT2D eigenvalue weighted by Crippen LogP contribution is 2.26. The molecular weight excluding hydrogens is 453 g/mol. The summed E-state index contributed by atoms with van der Waals surface area (Å²) >= 11 is 6.14. The van der Waals surface area contributed by atoms with Gasteiger partial charge in [-0.05, 0) is 37.1 Å². The maximum atomic E-state index is 14.1. The van der Waals surface area contributed by atoms with Crippen molar-refractivity contribution < 1.29 is 17.6 Å². The lowest BCUT2D eigenvalue weighted by molar-refractivity contribution is -0.138. The van der Waals surface area contributed by atoms with Gasteiger partial charge in [-0.15, -0.1) is 0 Å². The van der Waals surface area contributed by atoms with Gasteiger partial charge in [-0.3, -0.25) is 9.69 Å². The number of piperazine rings is 1. The smallest absolute Gasteiger partial charge is 0.243 e. The van der Waals surface area contributed by atoms with Gasteiger partial charge in [0.1, 0.15) is 5.82 Å². The molecule has 2 saturated heterocycles. The predicted octanol–water partition coefficient (Wildman–Crippen LogP) is 3.22. The largest absolute Gasteiger partial charge is 0.340 e. The normalized spacial score (nSPS) is 20.9. The number of benzene rings is 2. The minimum Gasteiger partial charge on any atom is -0.340 e. The first-order chi connectivity index (χ1) is 15.4. The van der Waals surface area contributed by atoms with Gasteiger partial charge < -0.3 is 4.90 Å². The van der Waals surface area contributed by atoms with Gasteiger partial charge in [-0.25, -0.2) is 12.8 Å². The van der Waals surface area contributed by atoms with Crippen molar-refractivity contribution >= 4 is 27.5 Å². The Morgan fingerprint density at radius 3 is 2.41 bits per heavy atom. The summed E-state index contributed by atoms with van der Waals surface area (Å²) in [6.45, 7) is 3.35. The van der Waals surface area contributed by atoms with Crippen LogP contribution in [0.3, 0.4) is 0 Å². The summed E-state index contributed by atoms with van der Waals surface area (Å²) in [7, 11) is -3.60. The summed E-state index contributed by atoms with van der Waals surface area (Å²) in [4.78, 5) is 17.3. The molecule has 2 fully saturated rings. The van der Waals surface area contributed by atoms with E-state index in [0.29, 0.717) is 62.7 Å². The van der Waals surface area contributed by atoms with E-state index in [2.05, 4.69) is 4.90 Å². The first-order valence-electron chi connectivity index (χ1n) is 10.9. The highest BCUT2D eigenvalue weighted by molar-refractivity contribution is 7.89.